The van der Waals surface area contributed by atoms with E-state index in [-0.39, 0.29) is 12.0 Å². The first-order valence-corrected chi connectivity index (χ1v) is 6.64. The van der Waals surface area contributed by atoms with Crippen molar-refractivity contribution < 1.29 is 14.6 Å². The fraction of sp³-hybridized carbons (Fsp3) is 0.923. The zero-order valence-corrected chi connectivity index (χ0v) is 10.9. The van der Waals surface area contributed by atoms with Gasteiger partial charge in [-0.05, 0) is 38.5 Å². The Kier molecular flexibility index (Phi) is 5.40. The largest absolute Gasteiger partial charge is 0.480 e. The summed E-state index contributed by atoms with van der Waals surface area (Å²) in [4.78, 5) is 11.2. The summed E-state index contributed by atoms with van der Waals surface area (Å²) in [6.07, 6.45) is 5.61. The molecular weight excluding hydrogens is 218 g/mol. The molecule has 0 aromatic carbocycles. The van der Waals surface area contributed by atoms with E-state index in [1.807, 2.05) is 0 Å². The van der Waals surface area contributed by atoms with E-state index in [1.54, 1.807) is 0 Å². The fourth-order valence-corrected chi connectivity index (χ4v) is 2.69. The average molecular weight is 243 g/mol. The summed E-state index contributed by atoms with van der Waals surface area (Å²) in [6, 6.07) is 0. The second-order valence-electron chi connectivity index (χ2n) is 5.19. The first kappa shape index (κ1) is 14.5. The van der Waals surface area contributed by atoms with Gasteiger partial charge in [-0.25, -0.2) is 0 Å². The standard InChI is InChI=1S/C13H25NO3/c1-3-5-10(2)17-9-7-11-6-4-8-13(11,14)12(15)16/h10-11H,3-9,14H2,1-2H3,(H,15,16). The second kappa shape index (κ2) is 6.36. The average Bonchev–Trinajstić information content (AvgIpc) is 2.62. The molecule has 1 fully saturated rings. The molecule has 0 heterocycles. The lowest BCUT2D eigenvalue weighted by Crippen LogP contribution is -2.51. The Balaban J connectivity index is 2.34. The minimum atomic E-state index is -1.02. The second-order valence-corrected chi connectivity index (χ2v) is 5.19. The van der Waals surface area contributed by atoms with E-state index in [0.29, 0.717) is 13.0 Å². The van der Waals surface area contributed by atoms with Gasteiger partial charge >= 0.3 is 5.97 Å². The molecule has 1 saturated carbocycles. The van der Waals surface area contributed by atoms with Crippen molar-refractivity contribution in [1.29, 1.82) is 0 Å². The Bertz CT molecular complexity index is 257. The number of carbonyl (C=O) groups is 1. The third-order valence-electron chi connectivity index (χ3n) is 3.83. The van der Waals surface area contributed by atoms with Crippen LogP contribution >= 0.6 is 0 Å². The zero-order valence-electron chi connectivity index (χ0n) is 10.9. The van der Waals surface area contributed by atoms with Crippen molar-refractivity contribution in [3.8, 4) is 0 Å². The van der Waals surface area contributed by atoms with Crippen LogP contribution in [-0.4, -0.2) is 29.3 Å². The van der Waals surface area contributed by atoms with Gasteiger partial charge in [-0.1, -0.05) is 19.8 Å². The summed E-state index contributed by atoms with van der Waals surface area (Å²) < 4.78 is 5.67. The molecule has 1 rings (SSSR count). The van der Waals surface area contributed by atoms with Gasteiger partial charge in [0.15, 0.2) is 0 Å². The molecule has 0 bridgehead atoms. The van der Waals surface area contributed by atoms with Crippen molar-refractivity contribution >= 4 is 5.97 Å². The van der Waals surface area contributed by atoms with Crippen LogP contribution in [0.3, 0.4) is 0 Å². The van der Waals surface area contributed by atoms with E-state index < -0.39 is 11.5 Å². The zero-order chi connectivity index (χ0) is 12.9. The van der Waals surface area contributed by atoms with E-state index in [2.05, 4.69) is 13.8 Å². The Hall–Kier alpha value is -0.610. The van der Waals surface area contributed by atoms with Crippen molar-refractivity contribution in [3.63, 3.8) is 0 Å². The van der Waals surface area contributed by atoms with Crippen LogP contribution < -0.4 is 5.73 Å². The van der Waals surface area contributed by atoms with Crippen molar-refractivity contribution in [1.82, 2.24) is 0 Å². The molecule has 100 valence electrons. The predicted octanol–water partition coefficient (Wildman–Crippen LogP) is 2.16. The van der Waals surface area contributed by atoms with Gasteiger partial charge in [-0.3, -0.25) is 4.79 Å². The van der Waals surface area contributed by atoms with E-state index in [1.165, 1.54) is 0 Å². The van der Waals surface area contributed by atoms with Crippen LogP contribution in [0.1, 0.15) is 52.4 Å². The lowest BCUT2D eigenvalue weighted by Gasteiger charge is -2.27. The van der Waals surface area contributed by atoms with Gasteiger partial charge in [0, 0.05) is 6.61 Å². The Morgan fingerprint density at radius 2 is 2.35 bits per heavy atom. The Labute approximate surface area is 104 Å². The topological polar surface area (TPSA) is 72.5 Å². The summed E-state index contributed by atoms with van der Waals surface area (Å²) in [5, 5.41) is 9.17. The van der Waals surface area contributed by atoms with Crippen molar-refractivity contribution in [2.24, 2.45) is 11.7 Å². The summed E-state index contributed by atoms with van der Waals surface area (Å²) in [5.74, 6) is -0.796. The molecule has 0 saturated heterocycles. The molecule has 0 radical (unpaired) electrons. The number of nitrogens with two attached hydrogens (primary N) is 1. The summed E-state index contributed by atoms with van der Waals surface area (Å²) in [5.41, 5.74) is 4.95. The maximum atomic E-state index is 11.2. The lowest BCUT2D eigenvalue weighted by atomic mass is 9.86. The van der Waals surface area contributed by atoms with Gasteiger partial charge in [0.25, 0.3) is 0 Å². The molecule has 3 atom stereocenters. The van der Waals surface area contributed by atoms with Crippen LogP contribution in [0.4, 0.5) is 0 Å². The molecule has 0 aromatic rings. The SMILES string of the molecule is CCCC(C)OCCC1CCCC1(N)C(=O)O. The number of aliphatic carboxylic acids is 1. The molecule has 1 aliphatic rings. The van der Waals surface area contributed by atoms with Crippen LogP contribution in [0.5, 0.6) is 0 Å². The molecule has 0 amide bonds. The summed E-state index contributed by atoms with van der Waals surface area (Å²) in [7, 11) is 0. The van der Waals surface area contributed by atoms with Crippen LogP contribution in [0.15, 0.2) is 0 Å². The smallest absolute Gasteiger partial charge is 0.323 e. The third kappa shape index (κ3) is 3.68. The number of carboxylic acids is 1. The molecule has 1 aliphatic carbocycles. The number of rotatable bonds is 7. The fourth-order valence-electron chi connectivity index (χ4n) is 2.69. The molecular formula is C13H25NO3. The molecule has 3 unspecified atom stereocenters. The molecule has 4 heteroatoms. The van der Waals surface area contributed by atoms with Gasteiger partial charge in [0.2, 0.25) is 0 Å². The van der Waals surface area contributed by atoms with Gasteiger partial charge in [-0.2, -0.15) is 0 Å². The molecule has 0 aromatic heterocycles. The Morgan fingerprint density at radius 1 is 1.65 bits per heavy atom. The first-order chi connectivity index (χ1) is 8.00. The minimum Gasteiger partial charge on any atom is -0.480 e. The number of hydrogen-bond donors (Lipinski definition) is 2. The highest BCUT2D eigenvalue weighted by Crippen LogP contribution is 2.36. The van der Waals surface area contributed by atoms with E-state index in [4.69, 9.17) is 15.6 Å². The minimum absolute atomic E-state index is 0.0637. The summed E-state index contributed by atoms with van der Waals surface area (Å²) >= 11 is 0. The normalized spacial score (nSPS) is 30.4. The number of ether oxygens (including phenoxy) is 1. The summed E-state index contributed by atoms with van der Waals surface area (Å²) in [6.45, 7) is 4.81. The van der Waals surface area contributed by atoms with Crippen molar-refractivity contribution in [3.05, 3.63) is 0 Å². The van der Waals surface area contributed by atoms with E-state index in [0.717, 1.165) is 32.1 Å². The highest BCUT2D eigenvalue weighted by molar-refractivity contribution is 5.79. The molecule has 0 spiro atoms. The van der Waals surface area contributed by atoms with Gasteiger partial charge < -0.3 is 15.6 Å². The van der Waals surface area contributed by atoms with Crippen molar-refractivity contribution in [2.45, 2.75) is 64.0 Å². The Morgan fingerprint density at radius 3 is 2.94 bits per heavy atom. The molecule has 17 heavy (non-hydrogen) atoms. The monoisotopic (exact) mass is 243 g/mol. The lowest BCUT2D eigenvalue weighted by molar-refractivity contribution is -0.145. The third-order valence-corrected chi connectivity index (χ3v) is 3.83. The highest BCUT2D eigenvalue weighted by Gasteiger charge is 2.45. The van der Waals surface area contributed by atoms with E-state index >= 15 is 0 Å². The van der Waals surface area contributed by atoms with Crippen molar-refractivity contribution in [2.75, 3.05) is 6.61 Å². The van der Waals surface area contributed by atoms with Gasteiger partial charge in [-0.15, -0.1) is 0 Å². The van der Waals surface area contributed by atoms with Gasteiger partial charge in [0.05, 0.1) is 6.10 Å². The first-order valence-electron chi connectivity index (χ1n) is 6.64. The van der Waals surface area contributed by atoms with Crippen LogP contribution in [0.2, 0.25) is 0 Å². The molecule has 0 aliphatic heterocycles. The number of carboxylic acid groups (broad SMARTS) is 1. The van der Waals surface area contributed by atoms with Crippen LogP contribution in [0, 0.1) is 5.92 Å². The maximum absolute atomic E-state index is 11.2. The van der Waals surface area contributed by atoms with Gasteiger partial charge in [0.1, 0.15) is 5.54 Å². The number of hydrogen-bond acceptors (Lipinski definition) is 3. The molecule has 3 N–H and O–H groups in total. The quantitative estimate of drug-likeness (QED) is 0.718. The van der Waals surface area contributed by atoms with E-state index in [9.17, 15) is 4.79 Å². The predicted molar refractivity (Wildman–Crippen MR) is 66.8 cm³/mol. The maximum Gasteiger partial charge on any atom is 0.323 e. The molecule has 4 nitrogen and oxygen atoms in total. The van der Waals surface area contributed by atoms with Crippen LogP contribution in [-0.2, 0) is 9.53 Å². The highest BCUT2D eigenvalue weighted by atomic mass is 16.5. The van der Waals surface area contributed by atoms with Crippen LogP contribution in [0.25, 0.3) is 0 Å².